The van der Waals surface area contributed by atoms with Gasteiger partial charge in [0.05, 0.1) is 12.1 Å². The van der Waals surface area contributed by atoms with E-state index in [9.17, 15) is 34.8 Å². The van der Waals surface area contributed by atoms with Gasteiger partial charge in [-0.3, -0.25) is 14.4 Å². The first-order chi connectivity index (χ1) is 14.3. The molecule has 2 amide bonds. The monoisotopic (exact) mass is 418 g/mol. The second-order valence-electron chi connectivity index (χ2n) is 6.24. The highest BCUT2D eigenvalue weighted by molar-refractivity contribution is 6.00. The van der Waals surface area contributed by atoms with Crippen LogP contribution >= 0.6 is 0 Å². The fourth-order valence-corrected chi connectivity index (χ4v) is 2.70. The van der Waals surface area contributed by atoms with Crippen molar-refractivity contribution in [3.63, 3.8) is 0 Å². The average Bonchev–Trinajstić information content (AvgIpc) is 3.05. The standard InChI is InChI=1S/C19H18N2O9/c22-13-5-1-3-10(15(13)24)17(26)20-12-9-30-21(18(12)27)7-8-29-19(28)11-4-2-6-14(23)16(11)25/h1-6,12,22-25H,7-9H2,(H,20,26)/t12-/m1/s1. The SMILES string of the molecule is O=C(N[C@@H]1CON(CCOC(=O)c2cccc(O)c2O)C1=O)c1cccc(O)c1O. The number of carbonyl (C=O) groups excluding carboxylic acids is 3. The molecule has 5 N–H and O–H groups in total. The average molecular weight is 418 g/mol. The Labute approximate surface area is 169 Å². The number of phenolic OH excluding ortho intramolecular Hbond substituents is 4. The summed E-state index contributed by atoms with van der Waals surface area (Å²) in [6, 6.07) is 6.63. The number of amides is 2. The maximum atomic E-state index is 12.3. The summed E-state index contributed by atoms with van der Waals surface area (Å²) in [4.78, 5) is 41.7. The molecule has 1 saturated heterocycles. The molecule has 2 aromatic rings. The lowest BCUT2D eigenvalue weighted by Crippen LogP contribution is -2.43. The molecule has 11 heteroatoms. The second-order valence-corrected chi connectivity index (χ2v) is 6.24. The second kappa shape index (κ2) is 8.57. The van der Waals surface area contributed by atoms with Crippen LogP contribution in [-0.2, 0) is 14.4 Å². The molecule has 1 aliphatic rings. The summed E-state index contributed by atoms with van der Waals surface area (Å²) in [6.45, 7) is -0.590. The molecule has 0 aromatic heterocycles. The van der Waals surface area contributed by atoms with Crippen LogP contribution < -0.4 is 5.32 Å². The molecular weight excluding hydrogens is 400 g/mol. The highest BCUT2D eigenvalue weighted by atomic mass is 16.7. The van der Waals surface area contributed by atoms with Crippen LogP contribution in [0, 0.1) is 0 Å². The van der Waals surface area contributed by atoms with E-state index < -0.39 is 46.8 Å². The van der Waals surface area contributed by atoms with E-state index in [0.717, 1.165) is 5.06 Å². The summed E-state index contributed by atoms with van der Waals surface area (Å²) in [5.74, 6) is -4.46. The van der Waals surface area contributed by atoms with Gasteiger partial charge in [0, 0.05) is 0 Å². The van der Waals surface area contributed by atoms with Crippen LogP contribution in [0.3, 0.4) is 0 Å². The lowest BCUT2D eigenvalue weighted by Gasteiger charge is -2.15. The molecule has 11 nitrogen and oxygen atoms in total. The maximum absolute atomic E-state index is 12.3. The van der Waals surface area contributed by atoms with Gasteiger partial charge in [0.25, 0.3) is 11.8 Å². The first-order valence-corrected chi connectivity index (χ1v) is 8.73. The van der Waals surface area contributed by atoms with Gasteiger partial charge in [0.1, 0.15) is 24.8 Å². The molecule has 0 unspecified atom stereocenters. The Kier molecular flexibility index (Phi) is 5.93. The van der Waals surface area contributed by atoms with Crippen LogP contribution in [0.25, 0.3) is 0 Å². The third-order valence-electron chi connectivity index (χ3n) is 4.27. The van der Waals surface area contributed by atoms with Crippen LogP contribution in [0.4, 0.5) is 0 Å². The van der Waals surface area contributed by atoms with Crippen LogP contribution in [-0.4, -0.2) is 69.1 Å². The van der Waals surface area contributed by atoms with E-state index in [4.69, 9.17) is 9.57 Å². The van der Waals surface area contributed by atoms with Crippen molar-refractivity contribution in [2.45, 2.75) is 6.04 Å². The number of hydrogen-bond donors (Lipinski definition) is 5. The summed E-state index contributed by atoms with van der Waals surface area (Å²) in [6.07, 6.45) is 0. The van der Waals surface area contributed by atoms with Crippen molar-refractivity contribution in [2.24, 2.45) is 0 Å². The van der Waals surface area contributed by atoms with Crippen molar-refractivity contribution in [2.75, 3.05) is 19.8 Å². The minimum Gasteiger partial charge on any atom is -0.504 e. The lowest BCUT2D eigenvalue weighted by molar-refractivity contribution is -0.163. The number of hydroxylamine groups is 2. The molecule has 158 valence electrons. The van der Waals surface area contributed by atoms with Crippen molar-refractivity contribution in [1.82, 2.24) is 10.4 Å². The van der Waals surface area contributed by atoms with Crippen molar-refractivity contribution in [1.29, 1.82) is 0 Å². The summed E-state index contributed by atoms with van der Waals surface area (Å²) in [7, 11) is 0. The Bertz CT molecular complexity index is 992. The van der Waals surface area contributed by atoms with Gasteiger partial charge in [-0.2, -0.15) is 0 Å². The molecule has 0 aliphatic carbocycles. The Hall–Kier alpha value is -3.99. The van der Waals surface area contributed by atoms with E-state index >= 15 is 0 Å². The largest absolute Gasteiger partial charge is 0.504 e. The Morgan fingerprint density at radius 3 is 2.30 bits per heavy atom. The molecule has 0 radical (unpaired) electrons. The highest BCUT2D eigenvalue weighted by Crippen LogP contribution is 2.29. The molecule has 1 fully saturated rings. The van der Waals surface area contributed by atoms with Gasteiger partial charge in [-0.25, -0.2) is 9.86 Å². The van der Waals surface area contributed by atoms with Gasteiger partial charge >= 0.3 is 5.97 Å². The Balaban J connectivity index is 1.52. The van der Waals surface area contributed by atoms with Crippen LogP contribution in [0.1, 0.15) is 20.7 Å². The van der Waals surface area contributed by atoms with Gasteiger partial charge in [-0.1, -0.05) is 12.1 Å². The molecule has 1 atom stereocenters. The van der Waals surface area contributed by atoms with E-state index in [1.54, 1.807) is 0 Å². The number of para-hydroxylation sites is 2. The summed E-state index contributed by atoms with van der Waals surface area (Å²) in [5.41, 5.74) is -0.444. The molecule has 30 heavy (non-hydrogen) atoms. The number of nitrogens with one attached hydrogen (secondary N) is 1. The van der Waals surface area contributed by atoms with E-state index in [1.165, 1.54) is 36.4 Å². The van der Waals surface area contributed by atoms with Crippen LogP contribution in [0.5, 0.6) is 23.0 Å². The normalized spacial score (nSPS) is 15.8. The van der Waals surface area contributed by atoms with E-state index in [1.807, 2.05) is 0 Å². The molecule has 0 saturated carbocycles. The fraction of sp³-hybridized carbons (Fsp3) is 0.211. The van der Waals surface area contributed by atoms with Crippen LogP contribution in [0.2, 0.25) is 0 Å². The first kappa shape index (κ1) is 20.7. The number of phenols is 4. The number of esters is 1. The topological polar surface area (TPSA) is 166 Å². The van der Waals surface area contributed by atoms with E-state index in [2.05, 4.69) is 5.32 Å². The number of nitrogens with zero attached hydrogens (tertiary/aromatic N) is 1. The number of ether oxygens (including phenoxy) is 1. The fourth-order valence-electron chi connectivity index (χ4n) is 2.70. The minimum atomic E-state index is -1.04. The molecule has 3 rings (SSSR count). The molecular formula is C19H18N2O9. The smallest absolute Gasteiger partial charge is 0.342 e. The number of benzene rings is 2. The third kappa shape index (κ3) is 4.20. The number of aromatic hydroxyl groups is 4. The maximum Gasteiger partial charge on any atom is 0.342 e. The lowest BCUT2D eigenvalue weighted by atomic mass is 10.1. The predicted molar refractivity (Wildman–Crippen MR) is 98.7 cm³/mol. The Morgan fingerprint density at radius 1 is 1.03 bits per heavy atom. The van der Waals surface area contributed by atoms with E-state index in [0.29, 0.717) is 0 Å². The van der Waals surface area contributed by atoms with Gasteiger partial charge in [-0.15, -0.1) is 0 Å². The van der Waals surface area contributed by atoms with Gasteiger partial charge in [0.15, 0.2) is 23.0 Å². The summed E-state index contributed by atoms with van der Waals surface area (Å²) < 4.78 is 4.96. The summed E-state index contributed by atoms with van der Waals surface area (Å²) >= 11 is 0. The van der Waals surface area contributed by atoms with Gasteiger partial charge in [-0.05, 0) is 24.3 Å². The summed E-state index contributed by atoms with van der Waals surface area (Å²) in [5, 5.41) is 41.6. The predicted octanol–water partition coefficient (Wildman–Crippen LogP) is 0.238. The first-order valence-electron chi connectivity index (χ1n) is 8.73. The van der Waals surface area contributed by atoms with E-state index in [-0.39, 0.29) is 30.9 Å². The zero-order valence-corrected chi connectivity index (χ0v) is 15.4. The van der Waals surface area contributed by atoms with Gasteiger partial charge in [0.2, 0.25) is 0 Å². The van der Waals surface area contributed by atoms with Crippen LogP contribution in [0.15, 0.2) is 36.4 Å². The molecule has 2 aromatic carbocycles. The Morgan fingerprint density at radius 2 is 1.63 bits per heavy atom. The molecule has 1 heterocycles. The zero-order chi connectivity index (χ0) is 21.8. The number of rotatable bonds is 6. The molecule has 1 aliphatic heterocycles. The highest BCUT2D eigenvalue weighted by Gasteiger charge is 2.35. The zero-order valence-electron chi connectivity index (χ0n) is 15.4. The number of carbonyl (C=O) groups is 3. The number of hydrogen-bond acceptors (Lipinski definition) is 9. The molecule has 0 bridgehead atoms. The molecule has 0 spiro atoms. The van der Waals surface area contributed by atoms with Crippen molar-refractivity contribution in [3.05, 3.63) is 47.5 Å². The van der Waals surface area contributed by atoms with Crippen molar-refractivity contribution < 1.29 is 44.4 Å². The minimum absolute atomic E-state index is 0.145. The van der Waals surface area contributed by atoms with Crippen molar-refractivity contribution in [3.8, 4) is 23.0 Å². The van der Waals surface area contributed by atoms with Gasteiger partial charge < -0.3 is 30.5 Å². The van der Waals surface area contributed by atoms with Crippen molar-refractivity contribution >= 4 is 17.8 Å². The third-order valence-corrected chi connectivity index (χ3v) is 4.27. The quantitative estimate of drug-likeness (QED) is 0.326.